The maximum atomic E-state index is 12.2. The third kappa shape index (κ3) is 5.89. The number of nitrogens with one attached hydrogen (secondary N) is 1. The van der Waals surface area contributed by atoms with Crippen LogP contribution in [0.3, 0.4) is 0 Å². The van der Waals surface area contributed by atoms with Crippen molar-refractivity contribution in [3.8, 4) is 0 Å². The molecular weight excluding hydrogens is 358 g/mol. The van der Waals surface area contributed by atoms with Gasteiger partial charge >= 0.3 is 6.18 Å². The second kappa shape index (κ2) is 7.00. The maximum Gasteiger partial charge on any atom is 0.389 e. The summed E-state index contributed by atoms with van der Waals surface area (Å²) in [6.45, 7) is 1.43. The van der Waals surface area contributed by atoms with Crippen molar-refractivity contribution in [1.82, 2.24) is 0 Å². The molecule has 0 spiro atoms. The lowest BCUT2D eigenvalue weighted by Crippen LogP contribution is -2.39. The lowest BCUT2D eigenvalue weighted by molar-refractivity contribution is -0.136. The number of anilines is 1. The lowest BCUT2D eigenvalue weighted by atomic mass is 9.95. The molecule has 1 aromatic carbocycles. The Kier molecular flexibility index (Phi) is 6.16. The number of alkyl halides is 3. The zero-order chi connectivity index (χ0) is 15.4. The third-order valence-electron chi connectivity index (χ3n) is 2.90. The van der Waals surface area contributed by atoms with Crippen LogP contribution >= 0.6 is 27.5 Å². The van der Waals surface area contributed by atoms with Crippen LogP contribution in [0.15, 0.2) is 22.7 Å². The molecule has 0 amide bonds. The van der Waals surface area contributed by atoms with Crippen LogP contribution in [0.4, 0.5) is 18.9 Å². The Balaban J connectivity index is 2.66. The van der Waals surface area contributed by atoms with Gasteiger partial charge in [-0.25, -0.2) is 0 Å². The molecule has 0 aliphatic rings. The molecule has 2 N–H and O–H groups in total. The predicted octanol–water partition coefficient (Wildman–Crippen LogP) is 5.00. The Morgan fingerprint density at radius 2 is 1.95 bits per heavy atom. The zero-order valence-corrected chi connectivity index (χ0v) is 13.2. The van der Waals surface area contributed by atoms with Crippen molar-refractivity contribution in [3.05, 3.63) is 27.7 Å². The molecule has 0 aliphatic heterocycles. The van der Waals surface area contributed by atoms with E-state index >= 15 is 0 Å². The van der Waals surface area contributed by atoms with E-state index in [0.29, 0.717) is 15.2 Å². The second-order valence-corrected chi connectivity index (χ2v) is 6.20. The Bertz CT molecular complexity index is 456. The van der Waals surface area contributed by atoms with E-state index < -0.39 is 18.1 Å². The van der Waals surface area contributed by atoms with E-state index in [-0.39, 0.29) is 19.4 Å². The SMILES string of the molecule is CC(CO)(CCCC(F)(F)F)Nc1ccc(Cl)c(Br)c1. The van der Waals surface area contributed by atoms with Gasteiger partial charge in [0.15, 0.2) is 0 Å². The first kappa shape index (κ1) is 17.6. The molecule has 1 rings (SSSR count). The molecule has 1 aromatic rings. The fourth-order valence-electron chi connectivity index (χ4n) is 1.78. The van der Waals surface area contributed by atoms with Crippen LogP contribution in [0.5, 0.6) is 0 Å². The van der Waals surface area contributed by atoms with E-state index in [1.54, 1.807) is 25.1 Å². The monoisotopic (exact) mass is 373 g/mol. The normalized spacial score (nSPS) is 14.9. The molecule has 2 nitrogen and oxygen atoms in total. The smallest absolute Gasteiger partial charge is 0.389 e. The van der Waals surface area contributed by atoms with E-state index in [2.05, 4.69) is 21.2 Å². The number of benzene rings is 1. The minimum atomic E-state index is -4.17. The molecule has 0 aliphatic carbocycles. The maximum absolute atomic E-state index is 12.2. The van der Waals surface area contributed by atoms with Crippen LogP contribution in [-0.4, -0.2) is 23.4 Å². The summed E-state index contributed by atoms with van der Waals surface area (Å²) in [6, 6.07) is 5.10. The topological polar surface area (TPSA) is 32.3 Å². The fourth-order valence-corrected chi connectivity index (χ4v) is 2.28. The molecule has 1 atom stereocenters. The number of halogens is 5. The van der Waals surface area contributed by atoms with Crippen molar-refractivity contribution in [3.63, 3.8) is 0 Å². The first-order valence-electron chi connectivity index (χ1n) is 6.06. The molecule has 20 heavy (non-hydrogen) atoms. The second-order valence-electron chi connectivity index (χ2n) is 4.94. The number of aliphatic hydroxyl groups is 1. The molecule has 1 unspecified atom stereocenters. The fraction of sp³-hybridized carbons (Fsp3) is 0.538. The van der Waals surface area contributed by atoms with Crippen molar-refractivity contribution in [2.45, 2.75) is 37.9 Å². The first-order valence-corrected chi connectivity index (χ1v) is 7.23. The average Bonchev–Trinajstić information content (AvgIpc) is 2.32. The van der Waals surface area contributed by atoms with Crippen LogP contribution in [-0.2, 0) is 0 Å². The summed E-state index contributed by atoms with van der Waals surface area (Å²) in [5, 5.41) is 13.0. The van der Waals surface area contributed by atoms with Gasteiger partial charge in [-0.3, -0.25) is 0 Å². The highest BCUT2D eigenvalue weighted by atomic mass is 79.9. The van der Waals surface area contributed by atoms with Crippen molar-refractivity contribution in [1.29, 1.82) is 0 Å². The summed E-state index contributed by atoms with van der Waals surface area (Å²) in [7, 11) is 0. The van der Waals surface area contributed by atoms with Crippen molar-refractivity contribution >= 4 is 33.2 Å². The largest absolute Gasteiger partial charge is 0.394 e. The van der Waals surface area contributed by atoms with Crippen molar-refractivity contribution in [2.75, 3.05) is 11.9 Å². The quantitative estimate of drug-likeness (QED) is 0.734. The summed E-state index contributed by atoms with van der Waals surface area (Å²) in [4.78, 5) is 0. The molecule has 0 radical (unpaired) electrons. The van der Waals surface area contributed by atoms with E-state index in [0.717, 1.165) is 0 Å². The molecule has 114 valence electrons. The molecule has 0 heterocycles. The van der Waals surface area contributed by atoms with Crippen molar-refractivity contribution in [2.24, 2.45) is 0 Å². The Labute approximate surface area is 129 Å². The average molecular weight is 375 g/mol. The number of rotatable bonds is 6. The molecule has 0 bridgehead atoms. The third-order valence-corrected chi connectivity index (χ3v) is 4.12. The van der Waals surface area contributed by atoms with E-state index in [4.69, 9.17) is 11.6 Å². The van der Waals surface area contributed by atoms with Crippen LogP contribution < -0.4 is 5.32 Å². The van der Waals surface area contributed by atoms with Gasteiger partial charge in [0.1, 0.15) is 0 Å². The highest BCUT2D eigenvalue weighted by Gasteiger charge is 2.29. The van der Waals surface area contributed by atoms with Gasteiger partial charge in [0.05, 0.1) is 17.2 Å². The summed E-state index contributed by atoms with van der Waals surface area (Å²) in [6.07, 6.45) is -4.85. The van der Waals surface area contributed by atoms with Gasteiger partial charge in [0, 0.05) is 16.6 Å². The molecule has 7 heteroatoms. The molecular formula is C13H16BrClF3NO. The molecule has 0 saturated carbocycles. The van der Waals surface area contributed by atoms with Crippen LogP contribution in [0.25, 0.3) is 0 Å². The van der Waals surface area contributed by atoms with Gasteiger partial charge in [-0.1, -0.05) is 11.6 Å². The highest BCUT2D eigenvalue weighted by Crippen LogP contribution is 2.29. The van der Waals surface area contributed by atoms with Crippen molar-refractivity contribution < 1.29 is 18.3 Å². The van der Waals surface area contributed by atoms with Crippen LogP contribution in [0.1, 0.15) is 26.2 Å². The Hall–Kier alpha value is -0.460. The predicted molar refractivity (Wildman–Crippen MR) is 78.2 cm³/mol. The summed E-state index contributed by atoms with van der Waals surface area (Å²) in [5.41, 5.74) is -0.122. The van der Waals surface area contributed by atoms with E-state index in [1.807, 2.05) is 0 Å². The zero-order valence-electron chi connectivity index (χ0n) is 10.9. The number of aliphatic hydroxyl groups excluding tert-OH is 1. The molecule has 0 aromatic heterocycles. The highest BCUT2D eigenvalue weighted by molar-refractivity contribution is 9.10. The van der Waals surface area contributed by atoms with Gasteiger partial charge in [0.25, 0.3) is 0 Å². The lowest BCUT2D eigenvalue weighted by Gasteiger charge is -2.30. The van der Waals surface area contributed by atoms with Crippen LogP contribution in [0, 0.1) is 0 Å². The number of hydrogen-bond donors (Lipinski definition) is 2. The summed E-state index contributed by atoms with van der Waals surface area (Å²) >= 11 is 9.14. The van der Waals surface area contributed by atoms with Gasteiger partial charge < -0.3 is 10.4 Å². The minimum Gasteiger partial charge on any atom is -0.394 e. The van der Waals surface area contributed by atoms with E-state index in [1.165, 1.54) is 0 Å². The van der Waals surface area contributed by atoms with E-state index in [9.17, 15) is 18.3 Å². The minimum absolute atomic E-state index is 0.0394. The first-order chi connectivity index (χ1) is 9.15. The standard InChI is InChI=1S/C13H16BrClF3NO/c1-12(8-20,5-2-6-13(16,17)18)19-9-3-4-11(15)10(14)7-9/h3-4,7,19-20H,2,5-6,8H2,1H3. The summed E-state index contributed by atoms with van der Waals surface area (Å²) in [5.74, 6) is 0. The Morgan fingerprint density at radius 3 is 2.45 bits per heavy atom. The number of hydrogen-bond acceptors (Lipinski definition) is 2. The van der Waals surface area contributed by atoms with Gasteiger partial charge in [-0.15, -0.1) is 0 Å². The van der Waals surface area contributed by atoms with Gasteiger partial charge in [-0.05, 0) is 53.9 Å². The summed E-state index contributed by atoms with van der Waals surface area (Å²) < 4.78 is 37.1. The Morgan fingerprint density at radius 1 is 1.30 bits per heavy atom. The molecule has 0 saturated heterocycles. The molecule has 0 fully saturated rings. The van der Waals surface area contributed by atoms with Gasteiger partial charge in [0.2, 0.25) is 0 Å². The van der Waals surface area contributed by atoms with Crippen LogP contribution in [0.2, 0.25) is 5.02 Å². The van der Waals surface area contributed by atoms with Gasteiger partial charge in [-0.2, -0.15) is 13.2 Å².